The highest BCUT2D eigenvalue weighted by atomic mass is 31.2. The zero-order valence-electron chi connectivity index (χ0n) is 24.4. The summed E-state index contributed by atoms with van der Waals surface area (Å²) >= 11 is 0. The van der Waals surface area contributed by atoms with Crippen LogP contribution in [-0.4, -0.2) is 84.2 Å². The minimum absolute atomic E-state index is 0.0647. The first kappa shape index (κ1) is 38.0. The van der Waals surface area contributed by atoms with Gasteiger partial charge in [-0.05, 0) is 37.8 Å². The van der Waals surface area contributed by atoms with E-state index >= 15 is 0 Å². The van der Waals surface area contributed by atoms with Crippen molar-refractivity contribution >= 4 is 7.82 Å². The Bertz CT molecular complexity index is 543. The Morgan fingerprint density at radius 3 is 1.26 bits per heavy atom. The van der Waals surface area contributed by atoms with Gasteiger partial charge in [0.1, 0.15) is 13.2 Å². The van der Waals surface area contributed by atoms with Gasteiger partial charge in [-0.25, -0.2) is 4.57 Å². The van der Waals surface area contributed by atoms with Gasteiger partial charge >= 0.3 is 7.82 Å². The van der Waals surface area contributed by atoms with E-state index in [0.717, 1.165) is 12.8 Å². The molecule has 10 nitrogen and oxygen atoms in total. The normalized spacial score (nSPS) is 13.4. The van der Waals surface area contributed by atoms with Crippen LogP contribution in [0.3, 0.4) is 0 Å². The molecule has 0 atom stereocenters. The predicted molar refractivity (Wildman–Crippen MR) is 153 cm³/mol. The summed E-state index contributed by atoms with van der Waals surface area (Å²) in [5, 5.41) is 0. The molecule has 0 aliphatic heterocycles. The van der Waals surface area contributed by atoms with Crippen molar-refractivity contribution in [3.05, 3.63) is 24.7 Å². The molecule has 0 rings (SSSR count). The molecule has 0 unspecified atom stereocenters. The van der Waals surface area contributed by atoms with E-state index in [9.17, 15) is 9.46 Å². The second-order valence-electron chi connectivity index (χ2n) is 8.77. The fourth-order valence-electron chi connectivity index (χ4n) is 3.10. The average Bonchev–Trinajstić information content (AvgIpc) is 2.92. The highest BCUT2D eigenvalue weighted by molar-refractivity contribution is 7.47. The molecule has 0 bridgehead atoms. The predicted octanol–water partition coefficient (Wildman–Crippen LogP) is 6.19. The number of hydrogen-bond donors (Lipinski definition) is 1. The van der Waals surface area contributed by atoms with E-state index in [2.05, 4.69) is 13.8 Å². The first-order valence-corrected chi connectivity index (χ1v) is 16.1. The second-order valence-corrected chi connectivity index (χ2v) is 10.2. The summed E-state index contributed by atoms with van der Waals surface area (Å²) in [4.78, 5) is 9.66. The summed E-state index contributed by atoms with van der Waals surface area (Å²) < 4.78 is 53.7. The highest BCUT2D eigenvalue weighted by Crippen LogP contribution is 2.42. The number of phosphoric acid groups is 1. The van der Waals surface area contributed by atoms with Crippen LogP contribution >= 0.6 is 7.82 Å². The lowest BCUT2D eigenvalue weighted by molar-refractivity contribution is 0.0108. The third-order valence-corrected chi connectivity index (χ3v) is 6.25. The maximum atomic E-state index is 11.8. The Labute approximate surface area is 236 Å². The van der Waals surface area contributed by atoms with Gasteiger partial charge in [-0.2, -0.15) is 0 Å². The van der Waals surface area contributed by atoms with Gasteiger partial charge in [0.25, 0.3) is 0 Å². The second kappa shape index (κ2) is 31.6. The molecule has 1 N–H and O–H groups in total. The van der Waals surface area contributed by atoms with Gasteiger partial charge in [-0.15, -0.1) is 0 Å². The molecule has 0 spiro atoms. The number of rotatable bonds is 32. The molecule has 0 saturated heterocycles. The van der Waals surface area contributed by atoms with Crippen LogP contribution in [0, 0.1) is 0 Å². The van der Waals surface area contributed by atoms with Crippen LogP contribution in [0.1, 0.15) is 78.1 Å². The van der Waals surface area contributed by atoms with E-state index in [-0.39, 0.29) is 26.4 Å². The van der Waals surface area contributed by atoms with Crippen molar-refractivity contribution < 1.29 is 46.9 Å². The van der Waals surface area contributed by atoms with Gasteiger partial charge in [0.05, 0.1) is 78.6 Å². The van der Waals surface area contributed by atoms with Gasteiger partial charge < -0.3 is 33.3 Å². The minimum Gasteiger partial charge on any atom is -0.499 e. The topological polar surface area (TPSA) is 111 Å². The first-order chi connectivity index (χ1) is 19.1. The zero-order chi connectivity index (χ0) is 28.5. The van der Waals surface area contributed by atoms with Crippen LogP contribution in [0.25, 0.3) is 0 Å². The molecule has 0 heterocycles. The fourth-order valence-corrected chi connectivity index (χ4v) is 3.79. The summed E-state index contributed by atoms with van der Waals surface area (Å²) in [5.41, 5.74) is 0. The van der Waals surface area contributed by atoms with Gasteiger partial charge in [-0.1, -0.05) is 52.4 Å². The molecule has 39 heavy (non-hydrogen) atoms. The maximum absolute atomic E-state index is 11.8. The number of unbranched alkanes of at least 4 members (excludes halogenated alkanes) is 8. The number of allylic oxidation sites excluding steroid dienone is 2. The van der Waals surface area contributed by atoms with E-state index in [4.69, 9.17) is 37.5 Å². The Hall–Kier alpha value is -0.970. The van der Waals surface area contributed by atoms with Crippen LogP contribution in [0.4, 0.5) is 0 Å². The maximum Gasteiger partial charge on any atom is 0.472 e. The summed E-state index contributed by atoms with van der Waals surface area (Å²) in [6, 6.07) is 0. The lowest BCUT2D eigenvalue weighted by Crippen LogP contribution is -2.12. The van der Waals surface area contributed by atoms with Crippen molar-refractivity contribution in [2.45, 2.75) is 78.1 Å². The lowest BCUT2D eigenvalue weighted by atomic mass is 10.1. The highest BCUT2D eigenvalue weighted by Gasteiger charge is 2.20. The number of phosphoric ester groups is 1. The Balaban J connectivity index is 3.34. The Morgan fingerprint density at radius 2 is 0.872 bits per heavy atom. The fraction of sp³-hybridized carbons (Fsp3) is 0.857. The van der Waals surface area contributed by atoms with E-state index in [1.165, 1.54) is 51.4 Å². The molecular formula is C28H55O10P. The van der Waals surface area contributed by atoms with Crippen molar-refractivity contribution in [3.63, 3.8) is 0 Å². The Morgan fingerprint density at radius 1 is 0.513 bits per heavy atom. The molecular weight excluding hydrogens is 527 g/mol. The van der Waals surface area contributed by atoms with Gasteiger partial charge in [0.2, 0.25) is 0 Å². The van der Waals surface area contributed by atoms with Gasteiger partial charge in [-0.3, -0.25) is 9.05 Å². The molecule has 0 aromatic rings. The SMILES string of the molecule is CCCCCCC=COCCOCCOCCOP(=O)(O)OCCOCCOCCOC=CCCCCCC. The van der Waals surface area contributed by atoms with Crippen molar-refractivity contribution in [1.29, 1.82) is 0 Å². The third-order valence-electron chi connectivity index (χ3n) is 5.23. The average molecular weight is 583 g/mol. The molecule has 0 fully saturated rings. The quantitative estimate of drug-likeness (QED) is 0.0560. The zero-order valence-corrected chi connectivity index (χ0v) is 25.3. The molecule has 0 saturated carbocycles. The molecule has 0 aromatic heterocycles. The largest absolute Gasteiger partial charge is 0.499 e. The molecule has 0 aliphatic carbocycles. The van der Waals surface area contributed by atoms with Crippen molar-refractivity contribution in [2.24, 2.45) is 0 Å². The third kappa shape index (κ3) is 33.1. The molecule has 11 heteroatoms. The molecule has 0 aromatic carbocycles. The van der Waals surface area contributed by atoms with E-state index in [1.807, 2.05) is 12.2 Å². The molecule has 0 amide bonds. The van der Waals surface area contributed by atoms with Crippen LogP contribution in [0.2, 0.25) is 0 Å². The molecule has 0 radical (unpaired) electrons. The van der Waals surface area contributed by atoms with Gasteiger partial charge in [0, 0.05) is 0 Å². The summed E-state index contributed by atoms with van der Waals surface area (Å²) in [5.74, 6) is 0. The summed E-state index contributed by atoms with van der Waals surface area (Å²) in [6.07, 6.45) is 19.6. The van der Waals surface area contributed by atoms with Crippen molar-refractivity contribution in [2.75, 3.05) is 79.3 Å². The smallest absolute Gasteiger partial charge is 0.472 e. The van der Waals surface area contributed by atoms with Crippen LogP contribution in [-0.2, 0) is 42.0 Å². The van der Waals surface area contributed by atoms with E-state index in [1.54, 1.807) is 12.5 Å². The molecule has 232 valence electrons. The van der Waals surface area contributed by atoms with Crippen LogP contribution in [0.15, 0.2) is 24.7 Å². The first-order valence-electron chi connectivity index (χ1n) is 14.6. The summed E-state index contributed by atoms with van der Waals surface area (Å²) in [6.45, 7) is 8.01. The van der Waals surface area contributed by atoms with Crippen molar-refractivity contribution in [1.82, 2.24) is 0 Å². The standard InChI is InChI=1S/C28H55O10P/c1-3-5-7-9-11-13-15-31-17-19-33-21-23-35-25-27-37-39(29,30)38-28-26-36-24-22-34-20-18-32-16-14-12-10-8-6-4-2/h13-16H,3-12,17-28H2,1-2H3,(H,29,30). The van der Waals surface area contributed by atoms with Crippen LogP contribution in [0.5, 0.6) is 0 Å². The Kier molecular flexibility index (Phi) is 30.8. The van der Waals surface area contributed by atoms with Gasteiger partial charge in [0.15, 0.2) is 0 Å². The lowest BCUT2D eigenvalue weighted by Gasteiger charge is -2.12. The van der Waals surface area contributed by atoms with E-state index in [0.29, 0.717) is 52.9 Å². The number of ether oxygens (including phenoxy) is 6. The minimum atomic E-state index is -4.14. The number of hydrogen-bond acceptors (Lipinski definition) is 9. The van der Waals surface area contributed by atoms with Crippen LogP contribution < -0.4 is 0 Å². The van der Waals surface area contributed by atoms with E-state index < -0.39 is 7.82 Å². The van der Waals surface area contributed by atoms with Crippen molar-refractivity contribution in [3.8, 4) is 0 Å². The molecule has 0 aliphatic rings. The monoisotopic (exact) mass is 582 g/mol. The summed E-state index contributed by atoms with van der Waals surface area (Å²) in [7, 11) is -4.14.